The quantitative estimate of drug-likeness (QED) is 0.852. The molecule has 0 aliphatic carbocycles. The molecule has 0 saturated carbocycles. The van der Waals surface area contributed by atoms with Crippen LogP contribution in [0.25, 0.3) is 0 Å². The van der Waals surface area contributed by atoms with E-state index in [1.165, 1.54) is 0 Å². The van der Waals surface area contributed by atoms with Crippen molar-refractivity contribution in [2.45, 2.75) is 6.42 Å². The average molecular weight is 325 g/mol. The molecule has 1 fully saturated rings. The van der Waals surface area contributed by atoms with Gasteiger partial charge in [0, 0.05) is 10.5 Å². The lowest BCUT2D eigenvalue weighted by atomic mass is 10.0. The van der Waals surface area contributed by atoms with Crippen molar-refractivity contribution >= 4 is 39.1 Å². The fourth-order valence-electron chi connectivity index (χ4n) is 1.50. The molecule has 0 bridgehead atoms. The van der Waals surface area contributed by atoms with Crippen LogP contribution in [0.2, 0.25) is 10.0 Å². The first kappa shape index (κ1) is 12.5. The zero-order valence-electron chi connectivity index (χ0n) is 8.60. The Hall–Kier alpha value is 0.0400. The van der Waals surface area contributed by atoms with E-state index in [1.54, 1.807) is 12.1 Å². The number of ether oxygens (including phenoxy) is 1. The van der Waals surface area contributed by atoms with Gasteiger partial charge in [0.25, 0.3) is 0 Å². The second kappa shape index (κ2) is 5.58. The molecular weight excluding hydrogens is 313 g/mol. The van der Waals surface area contributed by atoms with Crippen molar-refractivity contribution in [3.63, 3.8) is 0 Å². The average Bonchev–Trinajstić information content (AvgIpc) is 2.17. The third-order valence-electron chi connectivity index (χ3n) is 2.62. The Bertz CT molecular complexity index is 382. The molecule has 2 rings (SSSR count). The normalized spacial score (nSPS) is 15.9. The van der Waals surface area contributed by atoms with Crippen LogP contribution in [0.5, 0.6) is 5.75 Å². The van der Waals surface area contributed by atoms with Crippen LogP contribution in [0.4, 0.5) is 0 Å². The van der Waals surface area contributed by atoms with Crippen molar-refractivity contribution in [3.8, 4) is 5.75 Å². The summed E-state index contributed by atoms with van der Waals surface area (Å²) in [5.41, 5.74) is 0. The smallest absolute Gasteiger partial charge is 0.139 e. The molecule has 0 amide bonds. The molecule has 88 valence electrons. The summed E-state index contributed by atoms with van der Waals surface area (Å²) < 4.78 is 6.40. The minimum atomic E-state index is 0.586. The van der Waals surface area contributed by atoms with Gasteiger partial charge < -0.3 is 10.1 Å². The fourth-order valence-corrected chi connectivity index (χ4v) is 2.35. The Kier molecular flexibility index (Phi) is 4.36. The highest BCUT2D eigenvalue weighted by atomic mass is 79.9. The Labute approximate surface area is 113 Å². The maximum atomic E-state index is 6.04. The van der Waals surface area contributed by atoms with E-state index in [4.69, 9.17) is 27.9 Å². The van der Waals surface area contributed by atoms with E-state index >= 15 is 0 Å². The minimum absolute atomic E-state index is 0.586. The van der Waals surface area contributed by atoms with Crippen LogP contribution in [-0.4, -0.2) is 19.7 Å². The van der Waals surface area contributed by atoms with Crippen LogP contribution in [-0.2, 0) is 0 Å². The van der Waals surface area contributed by atoms with E-state index in [0.717, 1.165) is 29.9 Å². The van der Waals surface area contributed by atoms with Gasteiger partial charge in [0.1, 0.15) is 5.75 Å². The van der Waals surface area contributed by atoms with Gasteiger partial charge in [-0.2, -0.15) is 0 Å². The third-order valence-corrected chi connectivity index (χ3v) is 4.12. The maximum Gasteiger partial charge on any atom is 0.139 e. The van der Waals surface area contributed by atoms with Gasteiger partial charge in [0.15, 0.2) is 0 Å². The van der Waals surface area contributed by atoms with Crippen LogP contribution < -0.4 is 10.1 Å². The lowest BCUT2D eigenvalue weighted by Crippen LogP contribution is -2.42. The molecule has 1 aromatic carbocycles. The third kappa shape index (κ3) is 3.04. The lowest BCUT2D eigenvalue weighted by Gasteiger charge is -2.26. The topological polar surface area (TPSA) is 21.3 Å². The highest BCUT2D eigenvalue weighted by Gasteiger charge is 2.16. The highest BCUT2D eigenvalue weighted by molar-refractivity contribution is 9.10. The molecule has 0 aromatic heterocycles. The van der Waals surface area contributed by atoms with Crippen molar-refractivity contribution in [2.24, 2.45) is 5.92 Å². The minimum Gasteiger partial charge on any atom is -0.492 e. The molecule has 1 aliphatic rings. The Morgan fingerprint density at radius 3 is 2.69 bits per heavy atom. The second-order valence-electron chi connectivity index (χ2n) is 3.86. The first-order chi connectivity index (χ1) is 7.66. The number of rotatable bonds is 4. The van der Waals surface area contributed by atoms with Gasteiger partial charge in [-0.05, 0) is 47.4 Å². The SMILES string of the molecule is Clc1cc(OCCC2CNC2)c(Cl)cc1Br. The van der Waals surface area contributed by atoms with E-state index in [9.17, 15) is 0 Å². The van der Waals surface area contributed by atoms with Gasteiger partial charge in [0.2, 0.25) is 0 Å². The molecule has 0 spiro atoms. The summed E-state index contributed by atoms with van der Waals surface area (Å²) in [6.45, 7) is 2.88. The van der Waals surface area contributed by atoms with E-state index in [0.29, 0.717) is 22.4 Å². The molecule has 1 aliphatic heterocycles. The van der Waals surface area contributed by atoms with Crippen LogP contribution in [0.15, 0.2) is 16.6 Å². The van der Waals surface area contributed by atoms with Crippen molar-refractivity contribution in [3.05, 3.63) is 26.7 Å². The molecule has 1 saturated heterocycles. The van der Waals surface area contributed by atoms with Gasteiger partial charge in [-0.15, -0.1) is 0 Å². The molecule has 1 N–H and O–H groups in total. The summed E-state index contributed by atoms with van der Waals surface area (Å²) in [4.78, 5) is 0. The molecule has 5 heteroatoms. The monoisotopic (exact) mass is 323 g/mol. The summed E-state index contributed by atoms with van der Waals surface area (Å²) in [5.74, 6) is 1.40. The second-order valence-corrected chi connectivity index (χ2v) is 5.53. The molecule has 16 heavy (non-hydrogen) atoms. The van der Waals surface area contributed by atoms with E-state index in [2.05, 4.69) is 21.2 Å². The molecule has 0 unspecified atom stereocenters. The van der Waals surface area contributed by atoms with Crippen molar-refractivity contribution < 1.29 is 4.74 Å². The van der Waals surface area contributed by atoms with Gasteiger partial charge in [-0.3, -0.25) is 0 Å². The fraction of sp³-hybridized carbons (Fsp3) is 0.455. The van der Waals surface area contributed by atoms with Crippen LogP contribution in [0.1, 0.15) is 6.42 Å². The molecule has 0 atom stereocenters. The van der Waals surface area contributed by atoms with Gasteiger partial charge in [-0.1, -0.05) is 23.2 Å². The predicted octanol–water partition coefficient (Wildman–Crippen LogP) is 3.74. The summed E-state index contributed by atoms with van der Waals surface area (Å²) in [7, 11) is 0. The maximum absolute atomic E-state index is 6.04. The number of hydrogen-bond acceptors (Lipinski definition) is 2. The molecule has 1 heterocycles. The molecule has 1 aromatic rings. The zero-order valence-corrected chi connectivity index (χ0v) is 11.7. The largest absolute Gasteiger partial charge is 0.492 e. The predicted molar refractivity (Wildman–Crippen MR) is 70.6 cm³/mol. The summed E-state index contributed by atoms with van der Waals surface area (Å²) in [5, 5.41) is 4.43. The summed E-state index contributed by atoms with van der Waals surface area (Å²) in [6, 6.07) is 3.50. The highest BCUT2D eigenvalue weighted by Crippen LogP contribution is 2.34. The number of halogens is 3. The van der Waals surface area contributed by atoms with Crippen molar-refractivity contribution in [1.82, 2.24) is 5.32 Å². The molecule has 2 nitrogen and oxygen atoms in total. The Morgan fingerprint density at radius 1 is 1.31 bits per heavy atom. The van der Waals surface area contributed by atoms with Gasteiger partial charge in [0.05, 0.1) is 16.7 Å². The van der Waals surface area contributed by atoms with Crippen LogP contribution in [0, 0.1) is 5.92 Å². The first-order valence-corrected chi connectivity index (χ1v) is 6.70. The number of hydrogen-bond donors (Lipinski definition) is 1. The van der Waals surface area contributed by atoms with Gasteiger partial charge >= 0.3 is 0 Å². The van der Waals surface area contributed by atoms with Crippen LogP contribution >= 0.6 is 39.1 Å². The lowest BCUT2D eigenvalue weighted by molar-refractivity contribution is 0.238. The molecular formula is C11H12BrCl2NO. The Balaban J connectivity index is 1.90. The van der Waals surface area contributed by atoms with E-state index < -0.39 is 0 Å². The van der Waals surface area contributed by atoms with Crippen molar-refractivity contribution in [2.75, 3.05) is 19.7 Å². The zero-order chi connectivity index (χ0) is 11.5. The van der Waals surface area contributed by atoms with E-state index in [1.807, 2.05) is 0 Å². The number of nitrogens with one attached hydrogen (secondary N) is 1. The van der Waals surface area contributed by atoms with E-state index in [-0.39, 0.29) is 0 Å². The van der Waals surface area contributed by atoms with Crippen molar-refractivity contribution in [1.29, 1.82) is 0 Å². The summed E-state index contributed by atoms with van der Waals surface area (Å²) >= 11 is 15.3. The number of benzene rings is 1. The summed E-state index contributed by atoms with van der Waals surface area (Å²) in [6.07, 6.45) is 1.05. The Morgan fingerprint density at radius 2 is 2.06 bits per heavy atom. The van der Waals surface area contributed by atoms with Gasteiger partial charge in [-0.25, -0.2) is 0 Å². The molecule has 0 radical (unpaired) electrons. The standard InChI is InChI=1S/C11H12BrCl2NO/c12-8-3-10(14)11(4-9(8)13)16-2-1-7-5-15-6-7/h3-4,7,15H,1-2,5-6H2. The first-order valence-electron chi connectivity index (χ1n) is 5.15. The van der Waals surface area contributed by atoms with Crippen LogP contribution in [0.3, 0.4) is 0 Å².